The molecule has 0 aromatic heterocycles. The van der Waals surface area contributed by atoms with Gasteiger partial charge in [0.15, 0.2) is 5.60 Å². The van der Waals surface area contributed by atoms with Gasteiger partial charge in [-0.3, -0.25) is 0 Å². The fourth-order valence-corrected chi connectivity index (χ4v) is 7.48. The third-order valence-electron chi connectivity index (χ3n) is 5.14. The number of rotatable bonds is 0. The number of fused-ring (bicyclic) bond motifs is 6. The van der Waals surface area contributed by atoms with Gasteiger partial charge in [0.25, 0.3) is 0 Å². The van der Waals surface area contributed by atoms with Crippen molar-refractivity contribution in [3.05, 3.63) is 70.8 Å². The van der Waals surface area contributed by atoms with Crippen molar-refractivity contribution in [2.45, 2.75) is 5.60 Å². The van der Waals surface area contributed by atoms with Crippen LogP contribution in [-0.4, -0.2) is 16.2 Å². The quantitative estimate of drug-likeness (QED) is 0.107. The van der Waals surface area contributed by atoms with E-state index in [-0.39, 0.29) is 27.1 Å². The Balaban J connectivity index is 2.03. The molecule has 158 valence electrons. The van der Waals surface area contributed by atoms with Crippen LogP contribution in [0, 0.1) is 14.3 Å². The summed E-state index contributed by atoms with van der Waals surface area (Å²) < 4.78 is 14.9. The molecule has 3 aromatic rings. The Morgan fingerprint density at radius 1 is 0.839 bits per heavy atom. The molecule has 1 unspecified atom stereocenters. The van der Waals surface area contributed by atoms with Gasteiger partial charge in [0.1, 0.15) is 23.0 Å². The summed E-state index contributed by atoms with van der Waals surface area (Å²) in [6.07, 6.45) is 0. The second-order valence-electron chi connectivity index (χ2n) is 6.76. The van der Waals surface area contributed by atoms with Crippen LogP contribution in [0.1, 0.15) is 27.0 Å². The Morgan fingerprint density at radius 2 is 1.52 bits per heavy atom. The first-order valence-electron chi connectivity index (χ1n) is 8.42. The van der Waals surface area contributed by atoms with Gasteiger partial charge in [0.2, 0.25) is 0 Å². The van der Waals surface area contributed by atoms with E-state index in [0.717, 1.165) is 3.57 Å². The Hall–Kier alpha value is 0.0300. The first kappa shape index (κ1) is 22.8. The van der Waals surface area contributed by atoms with E-state index in [2.05, 4.69) is 67.8 Å². The molecule has 11 heteroatoms. The van der Waals surface area contributed by atoms with E-state index in [1.165, 1.54) is 18.2 Å². The smallest absolute Gasteiger partial charge is 0.341 e. The number of phenols is 2. The molecular formula is C20H6Cl2I4O5. The van der Waals surface area contributed by atoms with Crippen LogP contribution in [0.2, 0.25) is 10.0 Å². The van der Waals surface area contributed by atoms with E-state index in [0.29, 0.717) is 38.9 Å². The highest BCUT2D eigenvalue weighted by Gasteiger charge is 2.57. The van der Waals surface area contributed by atoms with Crippen LogP contribution in [0.3, 0.4) is 0 Å². The molecule has 1 spiro atoms. The molecule has 2 aliphatic rings. The van der Waals surface area contributed by atoms with Gasteiger partial charge in [-0.1, -0.05) is 23.2 Å². The molecule has 2 N–H and O–H groups in total. The van der Waals surface area contributed by atoms with Gasteiger partial charge in [-0.05, 0) is 102 Å². The summed E-state index contributed by atoms with van der Waals surface area (Å²) in [5.41, 5.74) is 0.483. The van der Waals surface area contributed by atoms with E-state index >= 15 is 0 Å². The van der Waals surface area contributed by atoms with Crippen molar-refractivity contribution in [3.8, 4) is 23.0 Å². The highest BCUT2D eigenvalue weighted by Crippen LogP contribution is 2.61. The molecule has 0 saturated carbocycles. The van der Waals surface area contributed by atoms with Crippen LogP contribution >= 0.6 is 114 Å². The molecule has 0 radical (unpaired) electrons. The molecule has 2 aliphatic heterocycles. The third kappa shape index (κ3) is 3.04. The van der Waals surface area contributed by atoms with Gasteiger partial charge in [-0.2, -0.15) is 0 Å². The van der Waals surface area contributed by atoms with Gasteiger partial charge >= 0.3 is 5.97 Å². The van der Waals surface area contributed by atoms with Crippen molar-refractivity contribution in [2.75, 3.05) is 0 Å². The molecule has 0 fully saturated rings. The van der Waals surface area contributed by atoms with Crippen molar-refractivity contribution in [1.29, 1.82) is 0 Å². The summed E-state index contributed by atoms with van der Waals surface area (Å²) in [7, 11) is 0. The summed E-state index contributed by atoms with van der Waals surface area (Å²) >= 11 is 21.3. The summed E-state index contributed by atoms with van der Waals surface area (Å²) in [4.78, 5) is 13.2. The topological polar surface area (TPSA) is 76.0 Å². The van der Waals surface area contributed by atoms with E-state index in [9.17, 15) is 15.0 Å². The Labute approximate surface area is 240 Å². The Bertz CT molecular complexity index is 1360. The maximum Gasteiger partial charge on any atom is 0.341 e. The predicted molar refractivity (Wildman–Crippen MR) is 149 cm³/mol. The van der Waals surface area contributed by atoms with Crippen molar-refractivity contribution in [1.82, 2.24) is 0 Å². The molecule has 2 heterocycles. The SMILES string of the molecule is O=C1OC2(c3ccc(O)cc3Oc3cc(O)c(I)c(I)c32)c2c(I)c(I)c(Cl)c(Cl)c21. The number of ether oxygens (including phenoxy) is 2. The average molecular weight is 905 g/mol. The minimum Gasteiger partial charge on any atom is -0.508 e. The van der Waals surface area contributed by atoms with E-state index < -0.39 is 11.6 Å². The summed E-state index contributed by atoms with van der Waals surface area (Å²) in [5, 5.41) is 20.9. The number of esters is 1. The van der Waals surface area contributed by atoms with Crippen molar-refractivity contribution < 1.29 is 24.5 Å². The standard InChI is InChI=1S/C20H6Cl2I4O5/c21-13-10-12(17(25)18(26)14(13)22)20(31-19(10)29)6-2-1-5(27)3-8(6)30-9-4-7(28)15(23)16(24)11(9)20/h1-4,27-28H. The molecule has 5 rings (SSSR count). The summed E-state index contributed by atoms with van der Waals surface area (Å²) in [5.74, 6) is 0.0385. The molecule has 3 aromatic carbocycles. The van der Waals surface area contributed by atoms with E-state index in [4.69, 9.17) is 32.7 Å². The molecule has 5 nitrogen and oxygen atoms in total. The lowest BCUT2D eigenvalue weighted by atomic mass is 9.77. The number of carbonyl (C=O) groups is 1. The molecular weight excluding hydrogens is 899 g/mol. The first-order chi connectivity index (χ1) is 14.6. The minimum absolute atomic E-state index is 0.00950. The zero-order chi connectivity index (χ0) is 22.4. The maximum absolute atomic E-state index is 13.2. The number of benzene rings is 3. The fourth-order valence-electron chi connectivity index (χ4n) is 3.90. The number of carbonyl (C=O) groups excluding carboxylic acids is 1. The summed E-state index contributed by atoms with van der Waals surface area (Å²) in [6, 6.07) is 6.10. The lowest BCUT2D eigenvalue weighted by Crippen LogP contribution is -2.35. The maximum atomic E-state index is 13.2. The van der Waals surface area contributed by atoms with Gasteiger partial charge in [-0.15, -0.1) is 0 Å². The van der Waals surface area contributed by atoms with Gasteiger partial charge in [0.05, 0.1) is 24.7 Å². The number of hydrogen-bond acceptors (Lipinski definition) is 5. The molecule has 0 amide bonds. The monoisotopic (exact) mass is 904 g/mol. The molecule has 0 bridgehead atoms. The molecule has 0 saturated heterocycles. The van der Waals surface area contributed by atoms with Gasteiger partial charge in [0, 0.05) is 34.0 Å². The second-order valence-corrected chi connectivity index (χ2v) is 11.8. The van der Waals surface area contributed by atoms with Crippen molar-refractivity contribution >= 4 is 120 Å². The highest BCUT2D eigenvalue weighted by molar-refractivity contribution is 14.1. The zero-order valence-electron chi connectivity index (χ0n) is 14.7. The zero-order valence-corrected chi connectivity index (χ0v) is 24.8. The van der Waals surface area contributed by atoms with E-state index in [1.807, 2.05) is 22.6 Å². The van der Waals surface area contributed by atoms with Crippen LogP contribution in [0.25, 0.3) is 0 Å². The van der Waals surface area contributed by atoms with Crippen LogP contribution in [-0.2, 0) is 10.3 Å². The number of halogens is 6. The fraction of sp³-hybridized carbons (Fsp3) is 0.0500. The lowest BCUT2D eigenvalue weighted by molar-refractivity contribution is 0.0219. The number of phenolic OH excluding ortho intramolecular Hbond substituents is 2. The highest BCUT2D eigenvalue weighted by atomic mass is 127. The Kier molecular flexibility index (Phi) is 5.72. The molecule has 0 aliphatic carbocycles. The van der Waals surface area contributed by atoms with Crippen LogP contribution < -0.4 is 4.74 Å². The normalized spacial score (nSPS) is 18.3. The first-order valence-corrected chi connectivity index (χ1v) is 13.5. The largest absolute Gasteiger partial charge is 0.508 e. The van der Waals surface area contributed by atoms with Crippen LogP contribution in [0.15, 0.2) is 24.3 Å². The third-order valence-corrected chi connectivity index (χ3v) is 12.7. The lowest BCUT2D eigenvalue weighted by Gasteiger charge is -2.38. The van der Waals surface area contributed by atoms with Crippen LogP contribution in [0.4, 0.5) is 0 Å². The molecule has 31 heavy (non-hydrogen) atoms. The van der Waals surface area contributed by atoms with Crippen molar-refractivity contribution in [3.63, 3.8) is 0 Å². The Morgan fingerprint density at radius 3 is 2.23 bits per heavy atom. The molecule has 1 atom stereocenters. The van der Waals surface area contributed by atoms with Gasteiger partial charge in [-0.25, -0.2) is 4.79 Å². The van der Waals surface area contributed by atoms with E-state index in [1.54, 1.807) is 6.07 Å². The van der Waals surface area contributed by atoms with Crippen LogP contribution in [0.5, 0.6) is 23.0 Å². The van der Waals surface area contributed by atoms with Crippen molar-refractivity contribution in [2.24, 2.45) is 0 Å². The second kappa shape index (κ2) is 7.78. The average Bonchev–Trinajstić information content (AvgIpc) is 3.01. The number of aromatic hydroxyl groups is 2. The summed E-state index contributed by atoms with van der Waals surface area (Å²) in [6.45, 7) is 0. The van der Waals surface area contributed by atoms with Gasteiger partial charge < -0.3 is 19.7 Å². The number of hydrogen-bond donors (Lipinski definition) is 2. The predicted octanol–water partition coefficient (Wildman–Crippen LogP) is 7.39. The minimum atomic E-state index is -1.39.